The molecule has 0 spiro atoms. The Bertz CT molecular complexity index is 341. The fourth-order valence-electron chi connectivity index (χ4n) is 0.788. The van der Waals surface area contributed by atoms with Gasteiger partial charge in [-0.3, -0.25) is 0 Å². The molecule has 0 aliphatic rings. The minimum Gasteiger partial charge on any atom is -0.353 e. The third-order valence-corrected chi connectivity index (χ3v) is 2.54. The molecule has 0 bridgehead atoms. The van der Waals surface area contributed by atoms with Crippen molar-refractivity contribution >= 4 is 45.8 Å². The summed E-state index contributed by atoms with van der Waals surface area (Å²) in [7, 11) is 3.58. The lowest BCUT2D eigenvalue weighted by atomic mass is 10.3. The minimum atomic E-state index is 0.333. The van der Waals surface area contributed by atoms with Crippen molar-refractivity contribution in [3.8, 4) is 0 Å². The molecule has 76 valence electrons. The van der Waals surface area contributed by atoms with E-state index in [0.717, 1.165) is 0 Å². The third-order valence-electron chi connectivity index (χ3n) is 1.51. The lowest BCUT2D eigenvalue weighted by Crippen LogP contribution is -2.15. The molecule has 0 heterocycles. The first-order chi connectivity index (χ1) is 6.52. The summed E-state index contributed by atoms with van der Waals surface area (Å²) < 4.78 is 0. The van der Waals surface area contributed by atoms with E-state index < -0.39 is 0 Å². The molecule has 0 N–H and O–H groups in total. The van der Waals surface area contributed by atoms with Crippen LogP contribution < -0.4 is 0 Å². The van der Waals surface area contributed by atoms with Crippen molar-refractivity contribution in [2.75, 3.05) is 14.1 Å². The van der Waals surface area contributed by atoms with Gasteiger partial charge in [0.05, 0.1) is 10.0 Å². The van der Waals surface area contributed by atoms with Crippen LogP contribution in [-0.2, 0) is 0 Å². The molecule has 0 amide bonds. The Kier molecular flexibility index (Phi) is 4.05. The van der Waals surface area contributed by atoms with E-state index in [2.05, 4.69) is 4.99 Å². The highest BCUT2D eigenvalue weighted by molar-refractivity contribution is 6.64. The van der Waals surface area contributed by atoms with Gasteiger partial charge >= 0.3 is 0 Å². The Morgan fingerprint density at radius 3 is 2.14 bits per heavy atom. The van der Waals surface area contributed by atoms with E-state index in [0.29, 0.717) is 21.0 Å². The molecule has 1 aromatic carbocycles. The Balaban J connectivity index is 3.14. The van der Waals surface area contributed by atoms with Gasteiger partial charge in [-0.2, -0.15) is 0 Å². The predicted molar refractivity (Wildman–Crippen MR) is 63.1 cm³/mol. The summed E-state index contributed by atoms with van der Waals surface area (Å²) in [5.74, 6) is 0. The van der Waals surface area contributed by atoms with Crippen LogP contribution in [0.3, 0.4) is 0 Å². The highest BCUT2D eigenvalue weighted by atomic mass is 35.5. The largest absolute Gasteiger partial charge is 0.353 e. The van der Waals surface area contributed by atoms with Crippen molar-refractivity contribution in [3.05, 3.63) is 28.2 Å². The maximum atomic E-state index is 5.91. The number of hydrogen-bond acceptors (Lipinski definition) is 1. The van der Waals surface area contributed by atoms with Crippen molar-refractivity contribution < 1.29 is 0 Å². The standard InChI is InChI=1S/C9H9Cl3N2/c1-14(2)9(12)13-8-6(10)4-3-5-7(8)11/h3-5H,1-2H3. The molecule has 0 radical (unpaired) electrons. The maximum absolute atomic E-state index is 5.91. The summed E-state index contributed by atoms with van der Waals surface area (Å²) in [6, 6.07) is 5.19. The molecule has 0 aliphatic carbocycles. The predicted octanol–water partition coefficient (Wildman–Crippen LogP) is 3.78. The molecule has 1 aromatic rings. The van der Waals surface area contributed by atoms with E-state index in [1.807, 2.05) is 0 Å². The number of halogens is 3. The van der Waals surface area contributed by atoms with E-state index in [9.17, 15) is 0 Å². The maximum Gasteiger partial charge on any atom is 0.198 e. The number of hydrogen-bond donors (Lipinski definition) is 0. The average Bonchev–Trinajstić information content (AvgIpc) is 2.11. The average molecular weight is 252 g/mol. The number of benzene rings is 1. The molecule has 0 aliphatic heterocycles. The first-order valence-corrected chi connectivity index (χ1v) is 5.01. The molecule has 5 heteroatoms. The second-order valence-electron chi connectivity index (χ2n) is 2.85. The lowest BCUT2D eigenvalue weighted by molar-refractivity contribution is 0.635. The number of rotatable bonds is 1. The molecule has 14 heavy (non-hydrogen) atoms. The zero-order valence-corrected chi connectivity index (χ0v) is 10.0. The summed E-state index contributed by atoms with van der Waals surface area (Å²) in [6.07, 6.45) is 0. The minimum absolute atomic E-state index is 0.333. The van der Waals surface area contributed by atoms with Gasteiger partial charge in [0.2, 0.25) is 0 Å². The van der Waals surface area contributed by atoms with Crippen LogP contribution in [0.5, 0.6) is 0 Å². The summed E-state index contributed by atoms with van der Waals surface area (Å²) in [6.45, 7) is 0. The smallest absolute Gasteiger partial charge is 0.198 e. The lowest BCUT2D eigenvalue weighted by Gasteiger charge is -2.09. The van der Waals surface area contributed by atoms with Gasteiger partial charge in [-0.1, -0.05) is 29.3 Å². The Labute approximate surface area is 98.1 Å². The van der Waals surface area contributed by atoms with E-state index in [-0.39, 0.29) is 0 Å². The SMILES string of the molecule is CN(C)C(Cl)=Nc1c(Cl)cccc1Cl. The van der Waals surface area contributed by atoms with E-state index in [4.69, 9.17) is 34.8 Å². The van der Waals surface area contributed by atoms with Crippen molar-refractivity contribution in [2.24, 2.45) is 4.99 Å². The number of nitrogens with zero attached hydrogens (tertiary/aromatic N) is 2. The van der Waals surface area contributed by atoms with Crippen molar-refractivity contribution in [2.45, 2.75) is 0 Å². The fraction of sp³-hybridized carbons (Fsp3) is 0.222. The molecule has 0 atom stereocenters. The normalized spacial score (nSPS) is 11.6. The number of aliphatic imine (C=N–C) groups is 1. The van der Waals surface area contributed by atoms with Gasteiger partial charge in [-0.25, -0.2) is 4.99 Å². The second-order valence-corrected chi connectivity index (χ2v) is 4.00. The Morgan fingerprint density at radius 2 is 1.71 bits per heavy atom. The van der Waals surface area contributed by atoms with E-state index >= 15 is 0 Å². The number of amidine groups is 1. The summed E-state index contributed by atoms with van der Waals surface area (Å²) in [4.78, 5) is 5.77. The monoisotopic (exact) mass is 250 g/mol. The second kappa shape index (κ2) is 4.87. The van der Waals surface area contributed by atoms with Crippen LogP contribution in [-0.4, -0.2) is 24.3 Å². The van der Waals surface area contributed by atoms with E-state index in [1.54, 1.807) is 37.2 Å². The van der Waals surface area contributed by atoms with Gasteiger partial charge in [0.1, 0.15) is 5.69 Å². The summed E-state index contributed by atoms with van der Waals surface area (Å²) in [5.41, 5.74) is 0.495. The van der Waals surface area contributed by atoms with Gasteiger partial charge < -0.3 is 4.90 Å². The van der Waals surface area contributed by atoms with Crippen LogP contribution >= 0.6 is 34.8 Å². The van der Waals surface area contributed by atoms with Crippen LogP contribution in [0, 0.1) is 0 Å². The first kappa shape index (κ1) is 11.6. The Hall–Kier alpha value is -0.440. The van der Waals surface area contributed by atoms with Crippen LogP contribution in [0.25, 0.3) is 0 Å². The van der Waals surface area contributed by atoms with Gasteiger partial charge in [-0.05, 0) is 23.7 Å². The van der Waals surface area contributed by atoms with Crippen LogP contribution in [0.1, 0.15) is 0 Å². The van der Waals surface area contributed by atoms with Crippen LogP contribution in [0.15, 0.2) is 23.2 Å². The van der Waals surface area contributed by atoms with Gasteiger partial charge in [0.15, 0.2) is 5.29 Å². The summed E-state index contributed by atoms with van der Waals surface area (Å²) >= 11 is 17.7. The zero-order chi connectivity index (χ0) is 10.7. The fourth-order valence-corrected chi connectivity index (χ4v) is 1.35. The number of para-hydroxylation sites is 1. The highest BCUT2D eigenvalue weighted by Crippen LogP contribution is 2.33. The highest BCUT2D eigenvalue weighted by Gasteiger charge is 2.05. The molecular formula is C9H9Cl3N2. The van der Waals surface area contributed by atoms with Crippen LogP contribution in [0.2, 0.25) is 10.0 Å². The van der Waals surface area contributed by atoms with E-state index in [1.165, 1.54) is 0 Å². The van der Waals surface area contributed by atoms with Gasteiger partial charge in [-0.15, -0.1) is 0 Å². The van der Waals surface area contributed by atoms with Gasteiger partial charge in [0.25, 0.3) is 0 Å². The molecule has 0 unspecified atom stereocenters. The molecule has 1 rings (SSSR count). The molecule has 0 aromatic heterocycles. The van der Waals surface area contributed by atoms with Crippen molar-refractivity contribution in [1.29, 1.82) is 0 Å². The first-order valence-electron chi connectivity index (χ1n) is 3.88. The Morgan fingerprint density at radius 1 is 1.21 bits per heavy atom. The third kappa shape index (κ3) is 2.77. The zero-order valence-electron chi connectivity index (χ0n) is 7.76. The van der Waals surface area contributed by atoms with Crippen molar-refractivity contribution in [3.63, 3.8) is 0 Å². The van der Waals surface area contributed by atoms with Crippen LogP contribution in [0.4, 0.5) is 5.69 Å². The molecular weight excluding hydrogens is 242 g/mol. The molecule has 2 nitrogen and oxygen atoms in total. The topological polar surface area (TPSA) is 15.6 Å². The molecule has 0 saturated carbocycles. The summed E-state index contributed by atoms with van der Waals surface area (Å²) in [5, 5.41) is 1.30. The molecule has 0 saturated heterocycles. The van der Waals surface area contributed by atoms with Gasteiger partial charge in [0, 0.05) is 14.1 Å². The van der Waals surface area contributed by atoms with Crippen molar-refractivity contribution in [1.82, 2.24) is 4.90 Å². The quantitative estimate of drug-likeness (QED) is 0.421. The molecule has 0 fully saturated rings.